The van der Waals surface area contributed by atoms with Crippen LogP contribution in [0.5, 0.6) is 11.5 Å². The van der Waals surface area contributed by atoms with Crippen molar-refractivity contribution in [3.05, 3.63) is 22.8 Å². The Labute approximate surface area is 108 Å². The maximum Gasteiger partial charge on any atom is 0.124 e. The van der Waals surface area contributed by atoms with Crippen molar-refractivity contribution >= 4 is 0 Å². The second-order valence-corrected chi connectivity index (χ2v) is 5.71. The molecule has 0 spiro atoms. The molecular weight excluding hydrogens is 226 g/mol. The number of hydrogen-bond acceptors (Lipinski definition) is 3. The molecule has 3 rings (SSSR count). The van der Waals surface area contributed by atoms with Gasteiger partial charge in [0.15, 0.2) is 0 Å². The SMILES string of the molecule is Cc1cc2c(c(C3(N)CCCCC3)c1O)CCO2. The Kier molecular flexibility index (Phi) is 2.74. The molecule has 0 unspecified atom stereocenters. The predicted octanol–water partition coefficient (Wildman–Crippen LogP) is 2.75. The molecule has 3 heteroatoms. The summed E-state index contributed by atoms with van der Waals surface area (Å²) >= 11 is 0. The first-order valence-electron chi connectivity index (χ1n) is 6.89. The number of benzene rings is 1. The molecule has 3 N–H and O–H groups in total. The van der Waals surface area contributed by atoms with E-state index in [0.29, 0.717) is 12.4 Å². The van der Waals surface area contributed by atoms with Crippen molar-refractivity contribution in [1.29, 1.82) is 0 Å². The number of aromatic hydroxyl groups is 1. The van der Waals surface area contributed by atoms with Gasteiger partial charge >= 0.3 is 0 Å². The van der Waals surface area contributed by atoms with E-state index in [4.69, 9.17) is 10.5 Å². The molecule has 1 aromatic carbocycles. The normalized spacial score (nSPS) is 21.4. The van der Waals surface area contributed by atoms with E-state index in [1.165, 1.54) is 6.42 Å². The standard InChI is InChI=1S/C15H21NO2/c1-10-9-12-11(5-8-18-12)13(14(10)17)15(16)6-3-2-4-7-15/h9,17H,2-8,16H2,1H3. The third-order valence-corrected chi connectivity index (χ3v) is 4.41. The second-order valence-electron chi connectivity index (χ2n) is 5.71. The molecule has 0 saturated heterocycles. The number of phenols is 1. The van der Waals surface area contributed by atoms with E-state index in [9.17, 15) is 5.11 Å². The largest absolute Gasteiger partial charge is 0.507 e. The molecule has 0 atom stereocenters. The monoisotopic (exact) mass is 247 g/mol. The number of aryl methyl sites for hydroxylation is 1. The fourth-order valence-electron chi connectivity index (χ4n) is 3.42. The number of phenolic OH excluding ortho intramolecular Hbond substituents is 1. The van der Waals surface area contributed by atoms with Crippen LogP contribution in [0.15, 0.2) is 6.07 Å². The van der Waals surface area contributed by atoms with Crippen LogP contribution in [0.2, 0.25) is 0 Å². The molecule has 1 saturated carbocycles. The minimum absolute atomic E-state index is 0.355. The van der Waals surface area contributed by atoms with Crippen molar-refractivity contribution in [1.82, 2.24) is 0 Å². The molecule has 1 fully saturated rings. The zero-order chi connectivity index (χ0) is 12.8. The molecule has 3 nitrogen and oxygen atoms in total. The summed E-state index contributed by atoms with van der Waals surface area (Å²) in [5, 5.41) is 10.4. The van der Waals surface area contributed by atoms with Gasteiger partial charge in [-0.2, -0.15) is 0 Å². The molecule has 1 aromatic rings. The highest BCUT2D eigenvalue weighted by Crippen LogP contribution is 2.46. The van der Waals surface area contributed by atoms with Gasteiger partial charge < -0.3 is 15.6 Å². The summed E-state index contributed by atoms with van der Waals surface area (Å²) in [6.45, 7) is 2.63. The van der Waals surface area contributed by atoms with Crippen molar-refractivity contribution < 1.29 is 9.84 Å². The Morgan fingerprint density at radius 3 is 2.72 bits per heavy atom. The third kappa shape index (κ3) is 1.69. The van der Waals surface area contributed by atoms with E-state index >= 15 is 0 Å². The number of fused-ring (bicyclic) bond motifs is 1. The average Bonchev–Trinajstić information content (AvgIpc) is 2.78. The molecule has 1 heterocycles. The van der Waals surface area contributed by atoms with Gasteiger partial charge in [0.25, 0.3) is 0 Å². The Bertz CT molecular complexity index is 476. The molecule has 1 aliphatic carbocycles. The summed E-state index contributed by atoms with van der Waals surface area (Å²) in [5.41, 5.74) is 9.24. The van der Waals surface area contributed by atoms with Crippen molar-refractivity contribution in [2.24, 2.45) is 5.73 Å². The molecular formula is C15H21NO2. The van der Waals surface area contributed by atoms with Crippen LogP contribution in [0, 0.1) is 6.92 Å². The summed E-state index contributed by atoms with van der Waals surface area (Å²) in [5.74, 6) is 1.32. The van der Waals surface area contributed by atoms with Gasteiger partial charge in [0.05, 0.1) is 6.61 Å². The molecule has 18 heavy (non-hydrogen) atoms. The predicted molar refractivity (Wildman–Crippen MR) is 71.0 cm³/mol. The van der Waals surface area contributed by atoms with Crippen molar-refractivity contribution in [2.75, 3.05) is 6.61 Å². The van der Waals surface area contributed by atoms with Gasteiger partial charge in [0.1, 0.15) is 11.5 Å². The Balaban J connectivity index is 2.15. The van der Waals surface area contributed by atoms with Gasteiger partial charge in [-0.15, -0.1) is 0 Å². The highest BCUT2D eigenvalue weighted by Gasteiger charge is 2.36. The maximum atomic E-state index is 10.4. The number of nitrogens with two attached hydrogens (primary N) is 1. The topological polar surface area (TPSA) is 55.5 Å². The molecule has 0 bridgehead atoms. The summed E-state index contributed by atoms with van der Waals surface area (Å²) < 4.78 is 5.64. The van der Waals surface area contributed by atoms with E-state index in [-0.39, 0.29) is 5.54 Å². The van der Waals surface area contributed by atoms with Crippen LogP contribution in [0.25, 0.3) is 0 Å². The molecule has 0 aromatic heterocycles. The van der Waals surface area contributed by atoms with Crippen molar-refractivity contribution in [2.45, 2.75) is 51.0 Å². The highest BCUT2D eigenvalue weighted by molar-refractivity contribution is 5.57. The Morgan fingerprint density at radius 2 is 2.00 bits per heavy atom. The fourth-order valence-corrected chi connectivity index (χ4v) is 3.42. The molecule has 1 aliphatic heterocycles. The number of rotatable bonds is 1. The highest BCUT2D eigenvalue weighted by atomic mass is 16.5. The van der Waals surface area contributed by atoms with Crippen molar-refractivity contribution in [3.8, 4) is 11.5 Å². The van der Waals surface area contributed by atoms with Crippen LogP contribution in [0.3, 0.4) is 0 Å². The van der Waals surface area contributed by atoms with Gasteiger partial charge in [-0.25, -0.2) is 0 Å². The lowest BCUT2D eigenvalue weighted by Crippen LogP contribution is -2.39. The second kappa shape index (κ2) is 4.16. The average molecular weight is 247 g/mol. The summed E-state index contributed by atoms with van der Waals surface area (Å²) in [4.78, 5) is 0. The van der Waals surface area contributed by atoms with E-state index in [1.807, 2.05) is 13.0 Å². The van der Waals surface area contributed by atoms with Crippen LogP contribution in [0.4, 0.5) is 0 Å². The molecule has 98 valence electrons. The minimum Gasteiger partial charge on any atom is -0.507 e. The molecule has 0 radical (unpaired) electrons. The zero-order valence-corrected chi connectivity index (χ0v) is 11.0. The van der Waals surface area contributed by atoms with Crippen LogP contribution in [-0.4, -0.2) is 11.7 Å². The summed E-state index contributed by atoms with van der Waals surface area (Å²) in [6, 6.07) is 1.94. The Morgan fingerprint density at radius 1 is 1.28 bits per heavy atom. The lowest BCUT2D eigenvalue weighted by molar-refractivity contribution is 0.290. The quantitative estimate of drug-likeness (QED) is 0.802. The van der Waals surface area contributed by atoms with Crippen LogP contribution < -0.4 is 10.5 Å². The van der Waals surface area contributed by atoms with Crippen LogP contribution in [-0.2, 0) is 12.0 Å². The number of hydrogen-bond donors (Lipinski definition) is 2. The van der Waals surface area contributed by atoms with Crippen LogP contribution >= 0.6 is 0 Å². The van der Waals surface area contributed by atoms with E-state index in [1.54, 1.807) is 0 Å². The molecule has 2 aliphatic rings. The van der Waals surface area contributed by atoms with Crippen LogP contribution in [0.1, 0.15) is 48.8 Å². The van der Waals surface area contributed by atoms with E-state index < -0.39 is 0 Å². The van der Waals surface area contributed by atoms with Crippen molar-refractivity contribution in [3.63, 3.8) is 0 Å². The zero-order valence-electron chi connectivity index (χ0n) is 11.0. The lowest BCUT2D eigenvalue weighted by Gasteiger charge is -2.36. The van der Waals surface area contributed by atoms with Gasteiger partial charge in [-0.3, -0.25) is 0 Å². The van der Waals surface area contributed by atoms with Gasteiger partial charge in [-0.1, -0.05) is 19.3 Å². The van der Waals surface area contributed by atoms with E-state index in [0.717, 1.165) is 54.5 Å². The van der Waals surface area contributed by atoms with Gasteiger partial charge in [-0.05, 0) is 31.4 Å². The summed E-state index contributed by atoms with van der Waals surface area (Å²) in [6.07, 6.45) is 6.37. The van der Waals surface area contributed by atoms with Gasteiger partial charge in [0.2, 0.25) is 0 Å². The smallest absolute Gasteiger partial charge is 0.124 e. The Hall–Kier alpha value is -1.22. The molecule has 0 amide bonds. The summed E-state index contributed by atoms with van der Waals surface area (Å²) in [7, 11) is 0. The first-order chi connectivity index (χ1) is 8.62. The minimum atomic E-state index is -0.355. The lowest BCUT2D eigenvalue weighted by atomic mass is 9.74. The third-order valence-electron chi connectivity index (χ3n) is 4.41. The van der Waals surface area contributed by atoms with E-state index in [2.05, 4.69) is 0 Å². The first-order valence-corrected chi connectivity index (χ1v) is 6.89. The fraction of sp³-hybridized carbons (Fsp3) is 0.600. The van der Waals surface area contributed by atoms with Gasteiger partial charge in [0, 0.05) is 23.1 Å². The number of ether oxygens (including phenoxy) is 1. The maximum absolute atomic E-state index is 10.4. The first kappa shape index (κ1) is 11.8.